The molecule has 0 unspecified atom stereocenters. The largest absolute Gasteiger partial charge is 0.367 e. The van der Waals surface area contributed by atoms with Crippen LogP contribution in [0.5, 0.6) is 0 Å². The van der Waals surface area contributed by atoms with E-state index in [9.17, 15) is 0 Å². The van der Waals surface area contributed by atoms with Crippen LogP contribution in [0, 0.1) is 12.8 Å². The van der Waals surface area contributed by atoms with Gasteiger partial charge < -0.3 is 10.3 Å². The Morgan fingerprint density at radius 2 is 1.95 bits per heavy atom. The highest BCUT2D eigenvalue weighted by Crippen LogP contribution is 2.34. The number of anilines is 1. The predicted molar refractivity (Wildman–Crippen MR) is 86.0 cm³/mol. The zero-order valence-electron chi connectivity index (χ0n) is 12.8. The van der Waals surface area contributed by atoms with Gasteiger partial charge in [-0.05, 0) is 36.8 Å². The summed E-state index contributed by atoms with van der Waals surface area (Å²) >= 11 is 0. The number of hydrogen-bond donors (Lipinski definition) is 1. The fourth-order valence-electron chi connectivity index (χ4n) is 3.47. The molecule has 0 amide bonds. The van der Waals surface area contributed by atoms with E-state index in [1.807, 2.05) is 12.1 Å². The maximum Gasteiger partial charge on any atom is 0.230 e. The fourth-order valence-corrected chi connectivity index (χ4v) is 3.47. The minimum absolute atomic E-state index is 0.447. The number of rotatable bonds is 4. The zero-order chi connectivity index (χ0) is 14.7. The SMILES string of the molecule is Cc1ccccc1-c1c(CCC2CCCCC2)noc1N. The molecule has 1 heterocycles. The van der Waals surface area contributed by atoms with Crippen LogP contribution < -0.4 is 5.73 Å². The van der Waals surface area contributed by atoms with Crippen LogP contribution in [-0.4, -0.2) is 5.16 Å². The maximum atomic E-state index is 6.02. The summed E-state index contributed by atoms with van der Waals surface area (Å²) in [5.41, 5.74) is 10.4. The minimum atomic E-state index is 0.447. The smallest absolute Gasteiger partial charge is 0.230 e. The molecule has 3 heteroatoms. The van der Waals surface area contributed by atoms with Crippen LogP contribution in [-0.2, 0) is 6.42 Å². The number of nitrogen functional groups attached to an aromatic ring is 1. The van der Waals surface area contributed by atoms with E-state index in [-0.39, 0.29) is 0 Å². The van der Waals surface area contributed by atoms with E-state index in [0.29, 0.717) is 5.88 Å². The van der Waals surface area contributed by atoms with Crippen LogP contribution in [0.15, 0.2) is 28.8 Å². The van der Waals surface area contributed by atoms with E-state index in [4.69, 9.17) is 10.3 Å². The molecule has 21 heavy (non-hydrogen) atoms. The number of aryl methyl sites for hydroxylation is 2. The average molecular weight is 284 g/mol. The number of hydrogen-bond acceptors (Lipinski definition) is 3. The third-order valence-electron chi connectivity index (χ3n) is 4.72. The van der Waals surface area contributed by atoms with Crippen LogP contribution in [0.4, 0.5) is 5.88 Å². The molecule has 0 spiro atoms. The molecule has 1 aliphatic carbocycles. The van der Waals surface area contributed by atoms with Gasteiger partial charge in [-0.3, -0.25) is 0 Å². The van der Waals surface area contributed by atoms with E-state index in [1.54, 1.807) is 0 Å². The topological polar surface area (TPSA) is 52.0 Å². The molecular formula is C18H24N2O. The summed E-state index contributed by atoms with van der Waals surface area (Å²) in [6, 6.07) is 8.29. The van der Waals surface area contributed by atoms with Crippen molar-refractivity contribution in [1.82, 2.24) is 5.16 Å². The van der Waals surface area contributed by atoms with Crippen LogP contribution in [0.3, 0.4) is 0 Å². The van der Waals surface area contributed by atoms with E-state index in [2.05, 4.69) is 24.2 Å². The van der Waals surface area contributed by atoms with Crippen LogP contribution in [0.25, 0.3) is 11.1 Å². The van der Waals surface area contributed by atoms with Crippen LogP contribution in [0.1, 0.15) is 49.8 Å². The normalized spacial score (nSPS) is 16.2. The van der Waals surface area contributed by atoms with Gasteiger partial charge in [-0.15, -0.1) is 0 Å². The average Bonchev–Trinajstić information content (AvgIpc) is 2.88. The highest BCUT2D eigenvalue weighted by atomic mass is 16.5. The third-order valence-corrected chi connectivity index (χ3v) is 4.72. The van der Waals surface area contributed by atoms with Gasteiger partial charge >= 0.3 is 0 Å². The molecule has 112 valence electrons. The second-order valence-electron chi connectivity index (χ2n) is 6.23. The van der Waals surface area contributed by atoms with Crippen molar-refractivity contribution in [3.8, 4) is 11.1 Å². The van der Waals surface area contributed by atoms with Gasteiger partial charge in [0, 0.05) is 0 Å². The molecule has 2 N–H and O–H groups in total. The molecule has 3 rings (SSSR count). The maximum absolute atomic E-state index is 6.02. The molecule has 1 saturated carbocycles. The summed E-state index contributed by atoms with van der Waals surface area (Å²) in [5, 5.41) is 4.22. The predicted octanol–water partition coefficient (Wildman–Crippen LogP) is 4.75. The Bertz CT molecular complexity index is 597. The molecule has 3 nitrogen and oxygen atoms in total. The van der Waals surface area contributed by atoms with Gasteiger partial charge in [-0.25, -0.2) is 0 Å². The van der Waals surface area contributed by atoms with Gasteiger partial charge in [0.25, 0.3) is 0 Å². The van der Waals surface area contributed by atoms with Gasteiger partial charge in [0.15, 0.2) is 0 Å². The monoisotopic (exact) mass is 284 g/mol. The van der Waals surface area contributed by atoms with Crippen molar-refractivity contribution < 1.29 is 4.52 Å². The van der Waals surface area contributed by atoms with E-state index < -0.39 is 0 Å². The van der Waals surface area contributed by atoms with Crippen LogP contribution in [0.2, 0.25) is 0 Å². The first kappa shape index (κ1) is 14.2. The van der Waals surface area contributed by atoms with Crippen molar-refractivity contribution in [2.75, 3.05) is 5.73 Å². The quantitative estimate of drug-likeness (QED) is 0.881. The Balaban J connectivity index is 1.79. The van der Waals surface area contributed by atoms with Gasteiger partial charge in [-0.2, -0.15) is 0 Å². The standard InChI is InChI=1S/C18H24N2O/c1-13-7-5-6-10-15(13)17-16(20-21-18(17)19)12-11-14-8-3-2-4-9-14/h5-7,10,14H,2-4,8-9,11-12,19H2,1H3. The molecule has 1 aromatic carbocycles. The molecule has 1 aliphatic rings. The first-order valence-electron chi connectivity index (χ1n) is 8.05. The molecule has 0 saturated heterocycles. The Labute approximate surface area is 126 Å². The lowest BCUT2D eigenvalue weighted by atomic mass is 9.85. The summed E-state index contributed by atoms with van der Waals surface area (Å²) in [7, 11) is 0. The lowest BCUT2D eigenvalue weighted by molar-refractivity contribution is 0.335. The van der Waals surface area contributed by atoms with Crippen molar-refractivity contribution in [3.05, 3.63) is 35.5 Å². The van der Waals surface area contributed by atoms with Gasteiger partial charge in [0.05, 0.1) is 11.3 Å². The third kappa shape index (κ3) is 3.12. The van der Waals surface area contributed by atoms with Gasteiger partial charge in [-0.1, -0.05) is 61.5 Å². The van der Waals surface area contributed by atoms with Crippen LogP contribution >= 0.6 is 0 Å². The number of nitrogens with zero attached hydrogens (tertiary/aromatic N) is 1. The Hall–Kier alpha value is -1.77. The van der Waals surface area contributed by atoms with E-state index >= 15 is 0 Å². The number of aromatic nitrogens is 1. The molecule has 2 aromatic rings. The van der Waals surface area contributed by atoms with E-state index in [1.165, 1.54) is 44.1 Å². The molecule has 0 radical (unpaired) electrons. The summed E-state index contributed by atoms with van der Waals surface area (Å²) in [5.74, 6) is 1.30. The lowest BCUT2D eigenvalue weighted by Crippen LogP contribution is -2.07. The fraction of sp³-hybridized carbons (Fsp3) is 0.500. The summed E-state index contributed by atoms with van der Waals surface area (Å²) in [6.45, 7) is 2.10. The molecular weight excluding hydrogens is 260 g/mol. The second kappa shape index (κ2) is 6.33. The highest BCUT2D eigenvalue weighted by Gasteiger charge is 2.19. The molecule has 0 atom stereocenters. The van der Waals surface area contributed by atoms with Gasteiger partial charge in [0.1, 0.15) is 0 Å². The van der Waals surface area contributed by atoms with Crippen molar-refractivity contribution >= 4 is 5.88 Å². The molecule has 0 bridgehead atoms. The Morgan fingerprint density at radius 3 is 2.71 bits per heavy atom. The minimum Gasteiger partial charge on any atom is -0.367 e. The highest BCUT2D eigenvalue weighted by molar-refractivity contribution is 5.77. The Morgan fingerprint density at radius 1 is 1.19 bits per heavy atom. The number of benzene rings is 1. The lowest BCUT2D eigenvalue weighted by Gasteiger charge is -2.21. The summed E-state index contributed by atoms with van der Waals surface area (Å²) in [6.07, 6.45) is 9.08. The number of nitrogens with two attached hydrogens (primary N) is 1. The summed E-state index contributed by atoms with van der Waals surface area (Å²) < 4.78 is 5.27. The van der Waals surface area contributed by atoms with Crippen molar-refractivity contribution in [2.45, 2.75) is 51.9 Å². The first-order chi connectivity index (χ1) is 10.3. The van der Waals surface area contributed by atoms with E-state index in [0.717, 1.165) is 29.2 Å². The van der Waals surface area contributed by atoms with Crippen molar-refractivity contribution in [1.29, 1.82) is 0 Å². The van der Waals surface area contributed by atoms with Crippen molar-refractivity contribution in [2.24, 2.45) is 5.92 Å². The zero-order valence-corrected chi connectivity index (χ0v) is 12.8. The second-order valence-corrected chi connectivity index (χ2v) is 6.23. The first-order valence-corrected chi connectivity index (χ1v) is 8.05. The summed E-state index contributed by atoms with van der Waals surface area (Å²) in [4.78, 5) is 0. The Kier molecular flexibility index (Phi) is 4.28. The molecule has 1 fully saturated rings. The van der Waals surface area contributed by atoms with Gasteiger partial charge in [0.2, 0.25) is 5.88 Å². The molecule has 0 aliphatic heterocycles. The molecule has 1 aromatic heterocycles. The van der Waals surface area contributed by atoms with Crippen molar-refractivity contribution in [3.63, 3.8) is 0 Å².